The fraction of sp³-hybridized carbons (Fsp3) is 0.444. The van der Waals surface area contributed by atoms with E-state index in [0.717, 1.165) is 17.5 Å². The fourth-order valence-corrected chi connectivity index (χ4v) is 2.17. The van der Waals surface area contributed by atoms with Gasteiger partial charge in [-0.15, -0.1) is 0 Å². The quantitative estimate of drug-likeness (QED) is 0.513. The third-order valence-electron chi connectivity index (χ3n) is 3.60. The molecule has 0 spiro atoms. The second-order valence-corrected chi connectivity index (χ2v) is 5.52. The second kappa shape index (κ2) is 10.8. The van der Waals surface area contributed by atoms with Crippen molar-refractivity contribution in [1.82, 2.24) is 0 Å². The van der Waals surface area contributed by atoms with E-state index in [2.05, 4.69) is 20.6 Å². The van der Waals surface area contributed by atoms with Crippen LogP contribution < -0.4 is 0 Å². The highest BCUT2D eigenvalue weighted by Gasteiger charge is 2.20. The lowest BCUT2D eigenvalue weighted by molar-refractivity contribution is 0.130. The van der Waals surface area contributed by atoms with Gasteiger partial charge in [0.1, 0.15) is 38.9 Å². The van der Waals surface area contributed by atoms with Crippen molar-refractivity contribution in [2.75, 3.05) is 27.4 Å². The molecular formula is C18H24N4O5. The van der Waals surface area contributed by atoms with E-state index in [1.54, 1.807) is 13.8 Å². The molecule has 27 heavy (non-hydrogen) atoms. The van der Waals surface area contributed by atoms with Gasteiger partial charge in [0.25, 0.3) is 5.90 Å². The molecule has 0 saturated carbocycles. The van der Waals surface area contributed by atoms with Crippen LogP contribution in [0.15, 0.2) is 44.9 Å². The van der Waals surface area contributed by atoms with Gasteiger partial charge in [-0.05, 0) is 19.0 Å². The molecule has 0 radical (unpaired) electrons. The van der Waals surface area contributed by atoms with E-state index in [0.29, 0.717) is 30.3 Å². The fourth-order valence-electron chi connectivity index (χ4n) is 2.17. The van der Waals surface area contributed by atoms with E-state index < -0.39 is 0 Å². The highest BCUT2D eigenvalue weighted by molar-refractivity contribution is 6.45. The van der Waals surface area contributed by atoms with Gasteiger partial charge in [0, 0.05) is 17.5 Å². The summed E-state index contributed by atoms with van der Waals surface area (Å²) >= 11 is 0. The summed E-state index contributed by atoms with van der Waals surface area (Å²) in [6, 6.07) is 7.56. The smallest absolute Gasteiger partial charge is 0.280 e. The van der Waals surface area contributed by atoms with Crippen molar-refractivity contribution < 1.29 is 24.1 Å². The molecule has 1 heterocycles. The Hall–Kier alpha value is -3.10. The first kappa shape index (κ1) is 20.2. The summed E-state index contributed by atoms with van der Waals surface area (Å²) in [6.45, 7) is 4.76. The summed E-state index contributed by atoms with van der Waals surface area (Å²) in [5.41, 5.74) is 3.26. The van der Waals surface area contributed by atoms with E-state index >= 15 is 0 Å². The maximum Gasteiger partial charge on any atom is 0.280 e. The van der Waals surface area contributed by atoms with Gasteiger partial charge < -0.3 is 24.1 Å². The summed E-state index contributed by atoms with van der Waals surface area (Å²) < 4.78 is 5.64. The monoisotopic (exact) mass is 376 g/mol. The van der Waals surface area contributed by atoms with Crippen LogP contribution in [0.1, 0.15) is 31.4 Å². The van der Waals surface area contributed by atoms with E-state index in [1.807, 2.05) is 24.3 Å². The van der Waals surface area contributed by atoms with Crippen molar-refractivity contribution in [1.29, 1.82) is 0 Å². The number of nitrogens with zero attached hydrogens (tertiary/aromatic N) is 4. The summed E-state index contributed by atoms with van der Waals surface area (Å²) in [5, 5.41) is 15.9. The van der Waals surface area contributed by atoms with Crippen LogP contribution in [0.25, 0.3) is 0 Å². The zero-order valence-corrected chi connectivity index (χ0v) is 16.0. The lowest BCUT2D eigenvalue weighted by Crippen LogP contribution is -2.21. The first-order valence-corrected chi connectivity index (χ1v) is 8.44. The zero-order chi connectivity index (χ0) is 19.5. The summed E-state index contributed by atoms with van der Waals surface area (Å²) in [6.07, 6.45) is 0.744. The van der Waals surface area contributed by atoms with Crippen LogP contribution in [-0.2, 0) is 30.7 Å². The third-order valence-corrected chi connectivity index (χ3v) is 3.60. The number of rotatable bonds is 8. The molecule has 0 aromatic heterocycles. The van der Waals surface area contributed by atoms with Gasteiger partial charge >= 0.3 is 0 Å². The Bertz CT molecular complexity index is 743. The molecule has 0 saturated heterocycles. The van der Waals surface area contributed by atoms with Crippen LogP contribution in [0.4, 0.5) is 0 Å². The van der Waals surface area contributed by atoms with Crippen LogP contribution in [0, 0.1) is 0 Å². The molecule has 1 aromatic rings. The SMILES string of the molecule is CO/N=C(C)\C(C)=N/OCc1ccccc1/C(=N/OC)C1=NOCCCO1. The standard InChI is InChI=1S/C18H24N4O5/c1-13(19-23-3)14(2)20-27-12-15-8-5-6-9-16(15)17(21-24-4)18-22-26-11-7-10-25-18/h5-6,8-9H,7,10-12H2,1-4H3/b19-13-,20-14-,21-17-. The maximum atomic E-state index is 5.64. The van der Waals surface area contributed by atoms with Crippen LogP contribution >= 0.6 is 0 Å². The Morgan fingerprint density at radius 2 is 1.78 bits per heavy atom. The van der Waals surface area contributed by atoms with Gasteiger partial charge in [-0.2, -0.15) is 0 Å². The highest BCUT2D eigenvalue weighted by atomic mass is 16.7. The normalized spacial score (nSPS) is 15.9. The van der Waals surface area contributed by atoms with Crippen molar-refractivity contribution in [3.63, 3.8) is 0 Å². The average molecular weight is 376 g/mol. The Labute approximate surface area is 158 Å². The van der Waals surface area contributed by atoms with E-state index in [4.69, 9.17) is 24.1 Å². The molecule has 0 aliphatic carbocycles. The molecule has 0 atom stereocenters. The molecule has 1 aromatic carbocycles. The lowest BCUT2D eigenvalue weighted by Gasteiger charge is -2.12. The van der Waals surface area contributed by atoms with Gasteiger partial charge in [0.2, 0.25) is 0 Å². The van der Waals surface area contributed by atoms with E-state index in [-0.39, 0.29) is 12.5 Å². The largest absolute Gasteiger partial charge is 0.474 e. The van der Waals surface area contributed by atoms with Crippen LogP contribution in [-0.4, -0.2) is 50.5 Å². The molecule has 9 heteroatoms. The molecular weight excluding hydrogens is 352 g/mol. The molecule has 0 unspecified atom stereocenters. The van der Waals surface area contributed by atoms with Crippen LogP contribution in [0.5, 0.6) is 0 Å². The second-order valence-electron chi connectivity index (χ2n) is 5.52. The highest BCUT2D eigenvalue weighted by Crippen LogP contribution is 2.15. The average Bonchev–Trinajstić information content (AvgIpc) is 2.96. The minimum atomic E-state index is 0.213. The van der Waals surface area contributed by atoms with Gasteiger partial charge in [-0.25, -0.2) is 0 Å². The molecule has 9 nitrogen and oxygen atoms in total. The molecule has 2 rings (SSSR count). The van der Waals surface area contributed by atoms with Crippen molar-refractivity contribution in [2.45, 2.75) is 26.9 Å². The summed E-state index contributed by atoms with van der Waals surface area (Å²) in [5.74, 6) is 0.268. The number of benzene rings is 1. The first-order chi connectivity index (χ1) is 13.2. The van der Waals surface area contributed by atoms with Crippen molar-refractivity contribution in [3.8, 4) is 0 Å². The predicted octanol–water partition coefficient (Wildman–Crippen LogP) is 2.70. The Morgan fingerprint density at radius 1 is 1.04 bits per heavy atom. The molecule has 0 bridgehead atoms. The number of hydrogen-bond acceptors (Lipinski definition) is 9. The molecule has 0 fully saturated rings. The zero-order valence-electron chi connectivity index (χ0n) is 16.0. The Balaban J connectivity index is 2.22. The lowest BCUT2D eigenvalue weighted by atomic mass is 10.0. The topological polar surface area (TPSA) is 95.6 Å². The van der Waals surface area contributed by atoms with Crippen molar-refractivity contribution in [3.05, 3.63) is 35.4 Å². The van der Waals surface area contributed by atoms with Gasteiger partial charge in [0.05, 0.1) is 6.61 Å². The predicted molar refractivity (Wildman–Crippen MR) is 102 cm³/mol. The van der Waals surface area contributed by atoms with Crippen LogP contribution in [0.3, 0.4) is 0 Å². The maximum absolute atomic E-state index is 5.64. The minimum absolute atomic E-state index is 0.213. The molecule has 0 amide bonds. The summed E-state index contributed by atoms with van der Waals surface area (Å²) in [7, 11) is 2.94. The Kier molecular flexibility index (Phi) is 8.08. The number of hydrogen-bond donors (Lipinski definition) is 0. The van der Waals surface area contributed by atoms with Gasteiger partial charge in [0.15, 0.2) is 5.71 Å². The van der Waals surface area contributed by atoms with Gasteiger partial charge in [-0.3, -0.25) is 0 Å². The molecule has 146 valence electrons. The van der Waals surface area contributed by atoms with Crippen molar-refractivity contribution in [2.24, 2.45) is 20.6 Å². The van der Waals surface area contributed by atoms with Crippen molar-refractivity contribution >= 4 is 23.0 Å². The molecule has 0 N–H and O–H groups in total. The Morgan fingerprint density at radius 3 is 2.56 bits per heavy atom. The third kappa shape index (κ3) is 5.98. The molecule has 1 aliphatic heterocycles. The van der Waals surface area contributed by atoms with Gasteiger partial charge in [-0.1, -0.05) is 39.7 Å². The number of ether oxygens (including phenoxy) is 1. The van der Waals surface area contributed by atoms with Crippen LogP contribution in [0.2, 0.25) is 0 Å². The first-order valence-electron chi connectivity index (χ1n) is 8.44. The molecule has 1 aliphatic rings. The minimum Gasteiger partial charge on any atom is -0.474 e. The summed E-state index contributed by atoms with van der Waals surface area (Å²) in [4.78, 5) is 20.4. The van der Waals surface area contributed by atoms with E-state index in [1.165, 1.54) is 14.2 Å². The van der Waals surface area contributed by atoms with E-state index in [9.17, 15) is 0 Å². The number of oxime groups is 4.